The number of amides is 1. The molecular weight excluding hydrogens is 368 g/mol. The number of hydrogen-bond donors (Lipinski definition) is 2. The first-order valence-corrected chi connectivity index (χ1v) is 9.43. The molecule has 0 fully saturated rings. The van der Waals surface area contributed by atoms with Crippen molar-refractivity contribution in [2.24, 2.45) is 0 Å². The Hall–Kier alpha value is -1.35. The number of nitrogens with one attached hydrogen (secondary N) is 2. The number of ether oxygens (including phenoxy) is 1. The molecule has 1 amide bonds. The van der Waals surface area contributed by atoms with Gasteiger partial charge in [0, 0.05) is 13.7 Å². The van der Waals surface area contributed by atoms with Crippen LogP contribution in [0.25, 0.3) is 0 Å². The second-order valence-electron chi connectivity index (χ2n) is 5.07. The van der Waals surface area contributed by atoms with Crippen molar-refractivity contribution in [3.8, 4) is 0 Å². The van der Waals surface area contributed by atoms with E-state index in [2.05, 4.69) is 20.8 Å². The summed E-state index contributed by atoms with van der Waals surface area (Å²) in [6.07, 6.45) is 0. The molecule has 1 heterocycles. The molecule has 0 atom stereocenters. The van der Waals surface area contributed by atoms with Crippen molar-refractivity contribution in [3.05, 3.63) is 28.3 Å². The van der Waals surface area contributed by atoms with Crippen LogP contribution >= 0.6 is 34.7 Å². The number of nitrogens with zero attached hydrogens (tertiary/aromatic N) is 2. The molecule has 24 heavy (non-hydrogen) atoms. The Morgan fingerprint density at radius 2 is 2.17 bits per heavy atom. The number of aryl methyl sites for hydroxylation is 2. The Bertz CT molecular complexity index is 686. The molecule has 0 radical (unpaired) electrons. The lowest BCUT2D eigenvalue weighted by molar-refractivity contribution is -0.113. The summed E-state index contributed by atoms with van der Waals surface area (Å²) in [5.74, 6) is 0.119. The fourth-order valence-electron chi connectivity index (χ4n) is 1.98. The zero-order chi connectivity index (χ0) is 17.5. The smallest absolute Gasteiger partial charge is 0.234 e. The van der Waals surface area contributed by atoms with Crippen LogP contribution in [0.1, 0.15) is 11.1 Å². The van der Waals surface area contributed by atoms with Gasteiger partial charge >= 0.3 is 0 Å². The summed E-state index contributed by atoms with van der Waals surface area (Å²) in [5.41, 5.74) is 2.66. The lowest BCUT2D eigenvalue weighted by Gasteiger charge is -2.11. The summed E-state index contributed by atoms with van der Waals surface area (Å²) < 4.78 is 5.69. The third-order valence-corrected chi connectivity index (χ3v) is 5.32. The Labute approximate surface area is 154 Å². The van der Waals surface area contributed by atoms with Gasteiger partial charge in [-0.05, 0) is 31.0 Å². The summed E-state index contributed by atoms with van der Waals surface area (Å²) in [6.45, 7) is 5.15. The second kappa shape index (κ2) is 9.22. The van der Waals surface area contributed by atoms with Gasteiger partial charge in [0.2, 0.25) is 11.0 Å². The Kier molecular flexibility index (Phi) is 7.29. The van der Waals surface area contributed by atoms with Crippen LogP contribution < -0.4 is 10.6 Å². The molecule has 2 rings (SSSR count). The summed E-state index contributed by atoms with van der Waals surface area (Å²) in [7, 11) is 1.64. The highest BCUT2D eigenvalue weighted by Gasteiger charge is 2.12. The van der Waals surface area contributed by atoms with Gasteiger partial charge in [0.05, 0.1) is 23.1 Å². The Balaban J connectivity index is 1.85. The van der Waals surface area contributed by atoms with Crippen LogP contribution in [0.15, 0.2) is 16.5 Å². The quantitative estimate of drug-likeness (QED) is 0.533. The predicted octanol–water partition coefficient (Wildman–Crippen LogP) is 3.60. The van der Waals surface area contributed by atoms with E-state index in [1.165, 1.54) is 23.1 Å². The zero-order valence-electron chi connectivity index (χ0n) is 13.7. The molecular formula is C15H19ClN4O2S2. The first kappa shape index (κ1) is 19.0. The van der Waals surface area contributed by atoms with Gasteiger partial charge in [0.1, 0.15) is 0 Å². The maximum Gasteiger partial charge on any atom is 0.234 e. The molecule has 2 N–H and O–H groups in total. The van der Waals surface area contributed by atoms with Crippen LogP contribution in [-0.2, 0) is 9.53 Å². The third-order valence-electron chi connectivity index (χ3n) is 3.01. The van der Waals surface area contributed by atoms with E-state index < -0.39 is 0 Å². The summed E-state index contributed by atoms with van der Waals surface area (Å²) in [6, 6.07) is 3.82. The first-order valence-electron chi connectivity index (χ1n) is 7.25. The van der Waals surface area contributed by atoms with Crippen LogP contribution in [0, 0.1) is 13.8 Å². The molecule has 2 aromatic rings. The lowest BCUT2D eigenvalue weighted by atomic mass is 10.1. The van der Waals surface area contributed by atoms with Crippen molar-refractivity contribution in [1.29, 1.82) is 0 Å². The lowest BCUT2D eigenvalue weighted by Crippen LogP contribution is -2.15. The molecule has 6 nitrogen and oxygen atoms in total. The van der Waals surface area contributed by atoms with Gasteiger partial charge < -0.3 is 15.4 Å². The molecule has 0 bridgehead atoms. The number of methoxy groups -OCH3 is 1. The summed E-state index contributed by atoms with van der Waals surface area (Å²) in [5, 5.41) is 15.3. The van der Waals surface area contributed by atoms with Crippen LogP contribution in [0.3, 0.4) is 0 Å². The molecule has 0 unspecified atom stereocenters. The van der Waals surface area contributed by atoms with Crippen LogP contribution in [-0.4, -0.2) is 42.1 Å². The van der Waals surface area contributed by atoms with E-state index in [1.54, 1.807) is 7.11 Å². The maximum absolute atomic E-state index is 12.1. The normalized spacial score (nSPS) is 10.7. The number of rotatable bonds is 8. The predicted molar refractivity (Wildman–Crippen MR) is 101 cm³/mol. The number of carbonyl (C=O) groups excluding carboxylic acids is 1. The van der Waals surface area contributed by atoms with Gasteiger partial charge in [-0.2, -0.15) is 0 Å². The van der Waals surface area contributed by atoms with E-state index in [9.17, 15) is 4.79 Å². The number of carbonyl (C=O) groups is 1. The van der Waals surface area contributed by atoms with Crippen molar-refractivity contribution in [2.75, 3.05) is 36.6 Å². The van der Waals surface area contributed by atoms with E-state index in [1.807, 2.05) is 26.0 Å². The van der Waals surface area contributed by atoms with Crippen LogP contribution in [0.5, 0.6) is 0 Å². The molecule has 1 aromatic carbocycles. The summed E-state index contributed by atoms with van der Waals surface area (Å²) >= 11 is 8.95. The van der Waals surface area contributed by atoms with Crippen molar-refractivity contribution < 1.29 is 9.53 Å². The van der Waals surface area contributed by atoms with Crippen molar-refractivity contribution in [1.82, 2.24) is 10.2 Å². The molecule has 0 spiro atoms. The summed E-state index contributed by atoms with van der Waals surface area (Å²) in [4.78, 5) is 12.1. The van der Waals surface area contributed by atoms with E-state index in [0.717, 1.165) is 15.5 Å². The van der Waals surface area contributed by atoms with Gasteiger partial charge in [0.15, 0.2) is 4.34 Å². The number of hydrogen-bond acceptors (Lipinski definition) is 7. The minimum absolute atomic E-state index is 0.127. The monoisotopic (exact) mass is 386 g/mol. The SMILES string of the molecule is COCCNc1nnc(SCC(=O)Nc2c(C)cc(C)cc2Cl)s1. The molecule has 0 aliphatic rings. The number of anilines is 2. The standard InChI is InChI=1S/C15H19ClN4O2S2/c1-9-6-10(2)13(11(16)7-9)18-12(21)8-23-15-20-19-14(24-15)17-4-5-22-3/h6-7H,4-5,8H2,1-3H3,(H,17,19)(H,18,21). The average molecular weight is 387 g/mol. The zero-order valence-corrected chi connectivity index (χ0v) is 16.1. The topological polar surface area (TPSA) is 76.1 Å². The third kappa shape index (κ3) is 5.62. The Morgan fingerprint density at radius 3 is 2.88 bits per heavy atom. The number of benzene rings is 1. The van der Waals surface area contributed by atoms with E-state index in [0.29, 0.717) is 29.0 Å². The number of thioether (sulfide) groups is 1. The van der Waals surface area contributed by atoms with Crippen LogP contribution in [0.2, 0.25) is 5.02 Å². The van der Waals surface area contributed by atoms with Crippen LogP contribution in [0.4, 0.5) is 10.8 Å². The molecule has 130 valence electrons. The first-order chi connectivity index (χ1) is 11.5. The minimum atomic E-state index is -0.127. The molecule has 0 saturated heterocycles. The van der Waals surface area contributed by atoms with E-state index >= 15 is 0 Å². The maximum atomic E-state index is 12.1. The van der Waals surface area contributed by atoms with E-state index in [4.69, 9.17) is 16.3 Å². The van der Waals surface area contributed by atoms with E-state index in [-0.39, 0.29) is 11.7 Å². The highest BCUT2D eigenvalue weighted by molar-refractivity contribution is 8.01. The van der Waals surface area contributed by atoms with Gasteiger partial charge in [-0.15, -0.1) is 10.2 Å². The highest BCUT2D eigenvalue weighted by Crippen LogP contribution is 2.29. The Morgan fingerprint density at radius 1 is 1.38 bits per heavy atom. The number of aromatic nitrogens is 2. The largest absolute Gasteiger partial charge is 0.383 e. The number of halogens is 1. The van der Waals surface area contributed by atoms with Crippen molar-refractivity contribution in [2.45, 2.75) is 18.2 Å². The molecule has 0 aliphatic heterocycles. The highest BCUT2D eigenvalue weighted by atomic mass is 35.5. The fourth-order valence-corrected chi connectivity index (χ4v) is 3.92. The van der Waals surface area contributed by atoms with Crippen molar-refractivity contribution >= 4 is 51.4 Å². The molecule has 0 aliphatic carbocycles. The fraction of sp³-hybridized carbons (Fsp3) is 0.400. The molecule has 1 aromatic heterocycles. The molecule has 0 saturated carbocycles. The second-order valence-corrected chi connectivity index (χ2v) is 7.68. The van der Waals surface area contributed by atoms with Gasteiger partial charge in [0.25, 0.3) is 0 Å². The molecule has 9 heteroatoms. The van der Waals surface area contributed by atoms with Gasteiger partial charge in [-0.3, -0.25) is 4.79 Å². The average Bonchev–Trinajstić information content (AvgIpc) is 2.97. The minimum Gasteiger partial charge on any atom is -0.383 e. The van der Waals surface area contributed by atoms with Crippen molar-refractivity contribution in [3.63, 3.8) is 0 Å². The van der Waals surface area contributed by atoms with Gasteiger partial charge in [-0.1, -0.05) is 40.8 Å². The van der Waals surface area contributed by atoms with Gasteiger partial charge in [-0.25, -0.2) is 0 Å².